The van der Waals surface area contributed by atoms with Crippen LogP contribution in [-0.4, -0.2) is 45.0 Å². The number of aromatic nitrogens is 4. The van der Waals surface area contributed by atoms with Gasteiger partial charge in [0.1, 0.15) is 11.6 Å². The minimum atomic E-state index is -0.540. The number of ether oxygens (including phenoxy) is 2. The van der Waals surface area contributed by atoms with Gasteiger partial charge >= 0.3 is 0 Å². The summed E-state index contributed by atoms with van der Waals surface area (Å²) in [6.45, 7) is 8.10. The number of benzene rings is 3. The molecule has 222 valence electrons. The summed E-state index contributed by atoms with van der Waals surface area (Å²) in [5.41, 5.74) is 4.57. The quantitative estimate of drug-likeness (QED) is 0.176. The zero-order chi connectivity index (χ0) is 30.7. The highest BCUT2D eigenvalue weighted by molar-refractivity contribution is 7.99. The lowest BCUT2D eigenvalue weighted by Gasteiger charge is -2.29. The van der Waals surface area contributed by atoms with Crippen LogP contribution in [0.2, 0.25) is 0 Å². The van der Waals surface area contributed by atoms with Crippen LogP contribution in [-0.2, 0) is 10.2 Å². The van der Waals surface area contributed by atoms with E-state index in [0.717, 1.165) is 34.2 Å². The highest BCUT2D eigenvalue weighted by Gasteiger charge is 2.33. The van der Waals surface area contributed by atoms with Gasteiger partial charge in [0.25, 0.3) is 0 Å². The molecule has 5 rings (SSSR count). The van der Waals surface area contributed by atoms with Gasteiger partial charge in [-0.3, -0.25) is 9.36 Å². The molecule has 3 aromatic carbocycles. The van der Waals surface area contributed by atoms with Gasteiger partial charge in [0.05, 0.1) is 31.4 Å². The summed E-state index contributed by atoms with van der Waals surface area (Å²) in [6, 6.07) is 19.7. The van der Waals surface area contributed by atoms with Crippen LogP contribution in [0.25, 0.3) is 11.4 Å². The van der Waals surface area contributed by atoms with Gasteiger partial charge in [0, 0.05) is 34.9 Å². The Labute approximate surface area is 254 Å². The number of carbonyl (C=O) groups excluding carboxylic acids is 1. The number of hydrogen-bond acceptors (Lipinski definition) is 6. The molecular formula is C33H34FN5O3S. The van der Waals surface area contributed by atoms with Gasteiger partial charge in [-0.1, -0.05) is 31.7 Å². The lowest BCUT2D eigenvalue weighted by molar-refractivity contribution is -0.113. The summed E-state index contributed by atoms with van der Waals surface area (Å²) in [6.07, 6.45) is 3.64. The monoisotopic (exact) mass is 599 g/mol. The first-order valence-corrected chi connectivity index (χ1v) is 14.7. The number of nitrogens with zero attached hydrogens (tertiary/aromatic N) is 4. The van der Waals surface area contributed by atoms with E-state index in [1.54, 1.807) is 32.5 Å². The SMILES string of the molecule is COc1ccc(C(C)(C)c2c(C)nc(SCC(=O)Nc3ccc(-n4ccnc4C)cc3)n2-c2ccc(F)cc2)cc1OC. The van der Waals surface area contributed by atoms with Gasteiger partial charge in [-0.25, -0.2) is 14.4 Å². The standard InChI is InChI=1S/C33H34FN5O3S/c1-21-31(33(3,4)23-7-16-28(41-5)29(19-23)42-6)39(27-12-8-24(34)9-13-27)32(36-21)43-20-30(40)37-25-10-14-26(15-11-25)38-18-17-35-22(38)2/h7-19H,20H2,1-6H3,(H,37,40). The number of carbonyl (C=O) groups is 1. The van der Waals surface area contributed by atoms with Crippen LogP contribution in [0.1, 0.15) is 36.6 Å². The molecule has 0 saturated carbocycles. The molecule has 1 amide bonds. The van der Waals surface area contributed by atoms with Crippen LogP contribution in [0.5, 0.6) is 11.5 Å². The van der Waals surface area contributed by atoms with Crippen molar-refractivity contribution in [3.05, 3.63) is 108 Å². The van der Waals surface area contributed by atoms with E-state index in [2.05, 4.69) is 24.1 Å². The normalized spacial score (nSPS) is 11.4. The van der Waals surface area contributed by atoms with Crippen LogP contribution in [0, 0.1) is 19.7 Å². The highest BCUT2D eigenvalue weighted by Crippen LogP contribution is 2.41. The Bertz CT molecular complexity index is 1740. The molecule has 5 aromatic rings. The Morgan fingerprint density at radius 1 is 0.953 bits per heavy atom. The van der Waals surface area contributed by atoms with Gasteiger partial charge in [-0.05, 0) is 80.1 Å². The molecule has 0 bridgehead atoms. The van der Waals surface area contributed by atoms with E-state index in [9.17, 15) is 9.18 Å². The zero-order valence-corrected chi connectivity index (χ0v) is 25.8. The zero-order valence-electron chi connectivity index (χ0n) is 25.0. The Kier molecular flexibility index (Phi) is 8.59. The largest absolute Gasteiger partial charge is 0.493 e. The number of imidazole rings is 2. The van der Waals surface area contributed by atoms with Crippen LogP contribution in [0.4, 0.5) is 10.1 Å². The maximum atomic E-state index is 13.9. The molecule has 2 aromatic heterocycles. The minimum Gasteiger partial charge on any atom is -0.493 e. The van der Waals surface area contributed by atoms with Crippen molar-refractivity contribution < 1.29 is 18.7 Å². The van der Waals surface area contributed by atoms with Gasteiger partial charge in [-0.15, -0.1) is 0 Å². The summed E-state index contributed by atoms with van der Waals surface area (Å²) < 4.78 is 28.9. The summed E-state index contributed by atoms with van der Waals surface area (Å²) in [5, 5.41) is 3.60. The van der Waals surface area contributed by atoms with Crippen molar-refractivity contribution in [1.82, 2.24) is 19.1 Å². The number of anilines is 1. The first kappa shape index (κ1) is 29.9. The predicted octanol–water partition coefficient (Wildman–Crippen LogP) is 6.89. The third kappa shape index (κ3) is 6.15. The van der Waals surface area contributed by atoms with Crippen molar-refractivity contribution >= 4 is 23.4 Å². The average molecular weight is 600 g/mol. The maximum Gasteiger partial charge on any atom is 0.234 e. The topological polar surface area (TPSA) is 83.2 Å². The third-order valence-electron chi connectivity index (χ3n) is 7.39. The van der Waals surface area contributed by atoms with Crippen molar-refractivity contribution in [2.45, 2.75) is 38.3 Å². The lowest BCUT2D eigenvalue weighted by Crippen LogP contribution is -2.24. The second kappa shape index (κ2) is 12.3. The number of methoxy groups -OCH3 is 2. The Hall–Kier alpha value is -4.57. The van der Waals surface area contributed by atoms with Crippen molar-refractivity contribution in [1.29, 1.82) is 0 Å². The molecule has 0 aliphatic rings. The number of halogens is 1. The van der Waals surface area contributed by atoms with Crippen molar-refractivity contribution in [3.8, 4) is 22.9 Å². The van der Waals surface area contributed by atoms with E-state index in [4.69, 9.17) is 14.5 Å². The van der Waals surface area contributed by atoms with Crippen molar-refractivity contribution in [3.63, 3.8) is 0 Å². The maximum absolute atomic E-state index is 13.9. The van der Waals surface area contributed by atoms with Crippen LogP contribution >= 0.6 is 11.8 Å². The van der Waals surface area contributed by atoms with Gasteiger partial charge in [0.15, 0.2) is 16.7 Å². The number of hydrogen-bond donors (Lipinski definition) is 1. The molecule has 1 N–H and O–H groups in total. The third-order valence-corrected chi connectivity index (χ3v) is 8.33. The predicted molar refractivity (Wildman–Crippen MR) is 168 cm³/mol. The number of aryl methyl sites for hydroxylation is 2. The van der Waals surface area contributed by atoms with Crippen molar-refractivity contribution in [2.24, 2.45) is 0 Å². The van der Waals surface area contributed by atoms with E-state index in [0.29, 0.717) is 22.3 Å². The second-order valence-corrected chi connectivity index (χ2v) is 11.5. The number of rotatable bonds is 10. The number of nitrogens with one attached hydrogen (secondary N) is 1. The molecule has 10 heteroatoms. The Morgan fingerprint density at radius 3 is 2.26 bits per heavy atom. The molecule has 0 aliphatic carbocycles. The molecular weight excluding hydrogens is 565 g/mol. The number of thioether (sulfide) groups is 1. The van der Waals surface area contributed by atoms with Crippen LogP contribution in [0.15, 0.2) is 84.3 Å². The van der Waals surface area contributed by atoms with E-state index < -0.39 is 5.41 Å². The van der Waals surface area contributed by atoms with E-state index in [-0.39, 0.29) is 17.5 Å². The Morgan fingerprint density at radius 2 is 1.63 bits per heavy atom. The summed E-state index contributed by atoms with van der Waals surface area (Å²) in [4.78, 5) is 22.2. The molecule has 0 aliphatic heterocycles. The van der Waals surface area contributed by atoms with Crippen LogP contribution < -0.4 is 14.8 Å². The van der Waals surface area contributed by atoms with Gasteiger partial charge < -0.3 is 19.4 Å². The highest BCUT2D eigenvalue weighted by atomic mass is 32.2. The average Bonchev–Trinajstić information content (AvgIpc) is 3.59. The molecule has 0 radical (unpaired) electrons. The first-order valence-electron chi connectivity index (χ1n) is 13.7. The molecule has 2 heterocycles. The lowest BCUT2D eigenvalue weighted by atomic mass is 9.80. The number of amides is 1. The molecule has 0 saturated heterocycles. The summed E-state index contributed by atoms with van der Waals surface area (Å²) >= 11 is 1.33. The van der Waals surface area contributed by atoms with Gasteiger partial charge in [0.2, 0.25) is 5.91 Å². The summed E-state index contributed by atoms with van der Waals surface area (Å²) in [7, 11) is 3.21. The molecule has 8 nitrogen and oxygen atoms in total. The fourth-order valence-corrected chi connectivity index (χ4v) is 6.07. The summed E-state index contributed by atoms with van der Waals surface area (Å²) in [5.74, 6) is 1.79. The van der Waals surface area contributed by atoms with E-state index in [1.807, 2.05) is 71.6 Å². The van der Waals surface area contributed by atoms with Crippen molar-refractivity contribution in [2.75, 3.05) is 25.3 Å². The van der Waals surface area contributed by atoms with Gasteiger partial charge in [-0.2, -0.15) is 0 Å². The molecule has 0 spiro atoms. The fourth-order valence-electron chi connectivity index (χ4n) is 5.21. The van der Waals surface area contributed by atoms with Crippen LogP contribution in [0.3, 0.4) is 0 Å². The Balaban J connectivity index is 1.43. The van der Waals surface area contributed by atoms with E-state index in [1.165, 1.54) is 23.9 Å². The fraction of sp³-hybridized carbons (Fsp3) is 0.242. The second-order valence-electron chi connectivity index (χ2n) is 10.6. The molecule has 0 unspecified atom stereocenters. The first-order chi connectivity index (χ1) is 20.6. The molecule has 0 fully saturated rings. The van der Waals surface area contributed by atoms with E-state index >= 15 is 0 Å². The molecule has 0 atom stereocenters. The molecule has 43 heavy (non-hydrogen) atoms. The minimum absolute atomic E-state index is 0.135. The smallest absolute Gasteiger partial charge is 0.234 e.